The number of ether oxygens (including phenoxy) is 1. The van der Waals surface area contributed by atoms with E-state index < -0.39 is 0 Å². The molecule has 2 aromatic rings. The lowest BCUT2D eigenvalue weighted by molar-refractivity contribution is 0.0703. The second-order valence-corrected chi connectivity index (χ2v) is 10.9. The van der Waals surface area contributed by atoms with Crippen molar-refractivity contribution in [1.82, 2.24) is 15.5 Å². The minimum absolute atomic E-state index is 0.0536. The van der Waals surface area contributed by atoms with Gasteiger partial charge in [0.1, 0.15) is 5.75 Å². The second kappa shape index (κ2) is 14.0. The molecule has 0 spiro atoms. The summed E-state index contributed by atoms with van der Waals surface area (Å²) in [5.74, 6) is 1.06. The molecular formula is C32H49N3O2. The van der Waals surface area contributed by atoms with E-state index >= 15 is 0 Å². The zero-order valence-corrected chi connectivity index (χ0v) is 24.2. The van der Waals surface area contributed by atoms with Gasteiger partial charge in [-0.25, -0.2) is 0 Å². The van der Waals surface area contributed by atoms with Crippen LogP contribution in [0.2, 0.25) is 0 Å². The van der Waals surface area contributed by atoms with E-state index in [-0.39, 0.29) is 11.9 Å². The van der Waals surface area contributed by atoms with Crippen molar-refractivity contribution >= 4 is 5.91 Å². The maximum absolute atomic E-state index is 13.0. The van der Waals surface area contributed by atoms with Crippen molar-refractivity contribution in [3.8, 4) is 5.75 Å². The largest absolute Gasteiger partial charge is 0.493 e. The number of carbonyl (C=O) groups is 1. The number of rotatable bonds is 12. The summed E-state index contributed by atoms with van der Waals surface area (Å²) >= 11 is 0. The normalized spacial score (nSPS) is 19.0. The topological polar surface area (TPSA) is 53.6 Å². The highest BCUT2D eigenvalue weighted by Gasteiger charge is 2.33. The average Bonchev–Trinajstić information content (AvgIpc) is 2.88. The maximum atomic E-state index is 13.0. The summed E-state index contributed by atoms with van der Waals surface area (Å²) in [7, 11) is 1.99. The number of nitrogens with zero attached hydrogens (tertiary/aromatic N) is 1. The van der Waals surface area contributed by atoms with Gasteiger partial charge >= 0.3 is 0 Å². The number of amides is 1. The van der Waals surface area contributed by atoms with Gasteiger partial charge in [-0.15, -0.1) is 0 Å². The van der Waals surface area contributed by atoms with Crippen LogP contribution in [0.25, 0.3) is 0 Å². The first-order valence-corrected chi connectivity index (χ1v) is 14.3. The van der Waals surface area contributed by atoms with E-state index in [9.17, 15) is 4.79 Å². The van der Waals surface area contributed by atoms with Crippen LogP contribution in [0.4, 0.5) is 0 Å². The minimum atomic E-state index is 0.0536. The van der Waals surface area contributed by atoms with E-state index in [0.717, 1.165) is 75.1 Å². The molecule has 0 radical (unpaired) electrons. The molecule has 2 N–H and O–H groups in total. The van der Waals surface area contributed by atoms with Crippen LogP contribution in [0.3, 0.4) is 0 Å². The lowest BCUT2D eigenvalue weighted by atomic mass is 9.89. The maximum Gasteiger partial charge on any atom is 0.251 e. The number of piperidine rings is 1. The van der Waals surface area contributed by atoms with E-state index in [4.69, 9.17) is 4.74 Å². The quantitative estimate of drug-likeness (QED) is 0.325. The Morgan fingerprint density at radius 1 is 1.08 bits per heavy atom. The first-order chi connectivity index (χ1) is 17.8. The fourth-order valence-electron chi connectivity index (χ4n) is 5.67. The number of hydrogen-bond donors (Lipinski definition) is 2. The van der Waals surface area contributed by atoms with E-state index in [1.54, 1.807) is 0 Å². The summed E-state index contributed by atoms with van der Waals surface area (Å²) in [4.78, 5) is 15.6. The first kappa shape index (κ1) is 29.2. The molecule has 0 aliphatic carbocycles. The lowest BCUT2D eigenvalue weighted by Gasteiger charge is -2.43. The molecule has 1 aliphatic heterocycles. The van der Waals surface area contributed by atoms with Crippen LogP contribution in [0, 0.1) is 27.7 Å². The Morgan fingerprint density at radius 3 is 2.57 bits per heavy atom. The fourth-order valence-corrected chi connectivity index (χ4v) is 5.67. The third-order valence-electron chi connectivity index (χ3n) is 8.29. The van der Waals surface area contributed by atoms with Crippen LogP contribution in [-0.4, -0.2) is 49.6 Å². The Balaban J connectivity index is 1.66. The Hall–Kier alpha value is -2.37. The van der Waals surface area contributed by atoms with Crippen LogP contribution in [0.5, 0.6) is 5.75 Å². The first-order valence-electron chi connectivity index (χ1n) is 14.3. The predicted octanol–water partition coefficient (Wildman–Crippen LogP) is 6.42. The molecule has 1 amide bonds. The average molecular weight is 508 g/mol. The Labute approximate surface area is 225 Å². The van der Waals surface area contributed by atoms with Gasteiger partial charge < -0.3 is 15.4 Å². The van der Waals surface area contributed by atoms with Gasteiger partial charge in [-0.05, 0) is 126 Å². The molecule has 5 nitrogen and oxygen atoms in total. The van der Waals surface area contributed by atoms with E-state index in [0.29, 0.717) is 12.1 Å². The van der Waals surface area contributed by atoms with Crippen molar-refractivity contribution in [2.75, 3.05) is 26.7 Å². The van der Waals surface area contributed by atoms with Crippen molar-refractivity contribution in [3.63, 3.8) is 0 Å². The van der Waals surface area contributed by atoms with Crippen LogP contribution in [0.1, 0.15) is 96.6 Å². The van der Waals surface area contributed by atoms with Crippen molar-refractivity contribution < 1.29 is 9.53 Å². The molecule has 0 saturated carbocycles. The van der Waals surface area contributed by atoms with Crippen molar-refractivity contribution in [1.29, 1.82) is 0 Å². The Kier molecular flexibility index (Phi) is 11.0. The lowest BCUT2D eigenvalue weighted by Crippen LogP contribution is -2.50. The van der Waals surface area contributed by atoms with Crippen LogP contribution in [-0.2, 0) is 0 Å². The van der Waals surface area contributed by atoms with Crippen molar-refractivity contribution in [2.45, 2.75) is 98.2 Å². The number of nitrogens with one attached hydrogen (secondary N) is 2. The smallest absolute Gasteiger partial charge is 0.251 e. The van der Waals surface area contributed by atoms with Crippen molar-refractivity contribution in [2.24, 2.45) is 0 Å². The summed E-state index contributed by atoms with van der Waals surface area (Å²) in [6, 6.07) is 11.4. The fraction of sp³-hybridized carbons (Fsp3) is 0.594. The van der Waals surface area contributed by atoms with Crippen molar-refractivity contribution in [3.05, 3.63) is 63.7 Å². The standard InChI is InChI=1S/C32H49N3O2/c1-8-11-29-21-28(34-32(36)27-13-12-22(2)23(3)20-27)16-18-35(29)26(6)30-14-15-31(25(5)24(30)4)37-19-10-9-17-33-7/h12-15,20,26,28-29,33H,8-11,16-19,21H2,1-7H3,(H,34,36). The molecule has 1 fully saturated rings. The molecule has 1 heterocycles. The molecule has 3 rings (SSSR count). The molecule has 5 heteroatoms. The van der Waals surface area contributed by atoms with Crippen LogP contribution in [0.15, 0.2) is 30.3 Å². The Morgan fingerprint density at radius 2 is 1.86 bits per heavy atom. The molecule has 0 bridgehead atoms. The van der Waals surface area contributed by atoms with Gasteiger partial charge in [-0.3, -0.25) is 9.69 Å². The van der Waals surface area contributed by atoms with Gasteiger partial charge in [-0.2, -0.15) is 0 Å². The highest BCUT2D eigenvalue weighted by molar-refractivity contribution is 5.94. The van der Waals surface area contributed by atoms with Crippen LogP contribution < -0.4 is 15.4 Å². The number of aryl methyl sites for hydroxylation is 2. The molecule has 3 unspecified atom stereocenters. The summed E-state index contributed by atoms with van der Waals surface area (Å²) < 4.78 is 6.12. The number of unbranched alkanes of at least 4 members (excludes halogenated alkanes) is 1. The highest BCUT2D eigenvalue weighted by Crippen LogP contribution is 2.35. The Bertz CT molecular complexity index is 1030. The molecule has 1 saturated heterocycles. The summed E-state index contributed by atoms with van der Waals surface area (Å²) in [5.41, 5.74) is 7.12. The van der Waals surface area contributed by atoms with Gasteiger partial charge in [0.25, 0.3) is 5.91 Å². The van der Waals surface area contributed by atoms with E-state index in [1.807, 2.05) is 25.2 Å². The van der Waals surface area contributed by atoms with E-state index in [2.05, 4.69) is 69.2 Å². The molecule has 2 aromatic carbocycles. The number of benzene rings is 2. The summed E-state index contributed by atoms with van der Waals surface area (Å²) in [6.07, 6.45) is 6.46. The molecule has 3 atom stereocenters. The zero-order chi connectivity index (χ0) is 26.9. The monoisotopic (exact) mass is 507 g/mol. The summed E-state index contributed by atoms with van der Waals surface area (Å²) in [5, 5.41) is 6.54. The zero-order valence-electron chi connectivity index (χ0n) is 24.2. The highest BCUT2D eigenvalue weighted by atomic mass is 16.5. The number of likely N-dealkylation sites (tertiary alicyclic amines) is 1. The molecular weight excluding hydrogens is 458 g/mol. The second-order valence-electron chi connectivity index (χ2n) is 10.9. The van der Waals surface area contributed by atoms with Gasteiger partial charge in [0, 0.05) is 30.2 Å². The molecule has 37 heavy (non-hydrogen) atoms. The number of hydrogen-bond acceptors (Lipinski definition) is 4. The molecule has 204 valence electrons. The van der Waals surface area contributed by atoms with Gasteiger partial charge in [0.15, 0.2) is 0 Å². The predicted molar refractivity (Wildman–Crippen MR) is 155 cm³/mol. The third kappa shape index (κ3) is 7.58. The molecule has 0 aromatic heterocycles. The molecule has 1 aliphatic rings. The summed E-state index contributed by atoms with van der Waals surface area (Å²) in [6.45, 7) is 16.0. The van der Waals surface area contributed by atoms with E-state index in [1.165, 1.54) is 22.3 Å². The minimum Gasteiger partial charge on any atom is -0.493 e. The SMILES string of the molecule is CCCC1CC(NC(=O)c2ccc(C)c(C)c2)CCN1C(C)c1ccc(OCCCCNC)c(C)c1C. The van der Waals surface area contributed by atoms with Gasteiger partial charge in [-0.1, -0.05) is 25.5 Å². The van der Waals surface area contributed by atoms with Gasteiger partial charge in [0.2, 0.25) is 0 Å². The third-order valence-corrected chi connectivity index (χ3v) is 8.29. The number of carbonyl (C=O) groups excluding carboxylic acids is 1. The van der Waals surface area contributed by atoms with Crippen LogP contribution >= 0.6 is 0 Å². The van der Waals surface area contributed by atoms with Gasteiger partial charge in [0.05, 0.1) is 6.61 Å².